The lowest BCUT2D eigenvalue weighted by Gasteiger charge is -2.08. The van der Waals surface area contributed by atoms with Gasteiger partial charge >= 0.3 is 0 Å². The molecule has 0 saturated heterocycles. The smallest absolute Gasteiger partial charge is 0.198 e. The van der Waals surface area contributed by atoms with Crippen molar-refractivity contribution in [2.75, 3.05) is 0 Å². The molecule has 1 aromatic carbocycles. The molecule has 0 aliphatic carbocycles. The largest absolute Gasteiger partial charge is 0.448 e. The van der Waals surface area contributed by atoms with Crippen LogP contribution in [-0.2, 0) is 0 Å². The first-order valence-corrected chi connectivity index (χ1v) is 4.98. The van der Waals surface area contributed by atoms with Gasteiger partial charge in [-0.25, -0.2) is 18.7 Å². The zero-order valence-corrected chi connectivity index (χ0v) is 9.37. The van der Waals surface area contributed by atoms with E-state index in [0.29, 0.717) is 11.4 Å². The molecule has 2 rings (SSSR count). The van der Waals surface area contributed by atoms with E-state index < -0.39 is 17.4 Å². The van der Waals surface area contributed by atoms with Crippen LogP contribution in [-0.4, -0.2) is 9.97 Å². The molecule has 1 heterocycles. The molecule has 0 aliphatic rings. The third kappa shape index (κ3) is 2.55. The van der Waals surface area contributed by atoms with Crippen LogP contribution in [0.2, 0.25) is 0 Å². The number of nitrogens with zero attached hydrogens (tertiary/aromatic N) is 2. The summed E-state index contributed by atoms with van der Waals surface area (Å²) in [6.07, 6.45) is 2.72. The van der Waals surface area contributed by atoms with Crippen molar-refractivity contribution >= 4 is 0 Å². The summed E-state index contributed by atoms with van der Waals surface area (Å²) < 4.78 is 32.0. The van der Waals surface area contributed by atoms with Crippen molar-refractivity contribution in [3.8, 4) is 11.5 Å². The van der Waals surface area contributed by atoms with Gasteiger partial charge in [-0.1, -0.05) is 0 Å². The minimum Gasteiger partial charge on any atom is -0.448 e. The number of hydrogen-bond acceptors (Lipinski definition) is 3. The van der Waals surface area contributed by atoms with Crippen molar-refractivity contribution in [2.45, 2.75) is 13.8 Å². The summed E-state index contributed by atoms with van der Waals surface area (Å²) in [5.74, 6) is -1.19. The summed E-state index contributed by atoms with van der Waals surface area (Å²) in [5.41, 5.74) is 0.493. The van der Waals surface area contributed by atoms with Gasteiger partial charge in [0.15, 0.2) is 23.1 Å². The predicted octanol–water partition coefficient (Wildman–Crippen LogP) is 3.16. The van der Waals surface area contributed by atoms with E-state index in [9.17, 15) is 8.78 Å². The fourth-order valence-corrected chi connectivity index (χ4v) is 1.34. The van der Waals surface area contributed by atoms with E-state index in [0.717, 1.165) is 0 Å². The number of halogens is 2. The Morgan fingerprint density at radius 2 is 1.53 bits per heavy atom. The zero-order valence-electron chi connectivity index (χ0n) is 9.37. The first kappa shape index (κ1) is 11.4. The minimum absolute atomic E-state index is 0.192. The monoisotopic (exact) mass is 236 g/mol. The minimum atomic E-state index is -0.747. The molecule has 0 aliphatic heterocycles. The molecule has 88 valence electrons. The SMILES string of the molecule is Cc1cc(F)c(Oc2cnc(C)nc2)c(F)c1. The first-order valence-electron chi connectivity index (χ1n) is 4.98. The summed E-state index contributed by atoms with van der Waals surface area (Å²) in [7, 11) is 0. The fourth-order valence-electron chi connectivity index (χ4n) is 1.34. The Hall–Kier alpha value is -2.04. The van der Waals surface area contributed by atoms with Gasteiger partial charge in [0.05, 0.1) is 12.4 Å². The lowest BCUT2D eigenvalue weighted by atomic mass is 10.2. The van der Waals surface area contributed by atoms with E-state index >= 15 is 0 Å². The van der Waals surface area contributed by atoms with Crippen molar-refractivity contribution in [1.29, 1.82) is 0 Å². The van der Waals surface area contributed by atoms with Gasteiger partial charge in [-0.05, 0) is 31.5 Å². The Balaban J connectivity index is 2.33. The molecule has 0 atom stereocenters. The van der Waals surface area contributed by atoms with E-state index in [1.807, 2.05) is 0 Å². The summed E-state index contributed by atoms with van der Waals surface area (Å²) in [4.78, 5) is 7.74. The summed E-state index contributed by atoms with van der Waals surface area (Å²) in [5, 5.41) is 0. The van der Waals surface area contributed by atoms with Crippen molar-refractivity contribution in [3.05, 3.63) is 47.5 Å². The molecule has 2 aromatic rings. The molecule has 0 bridgehead atoms. The van der Waals surface area contributed by atoms with Gasteiger partial charge in [-0.3, -0.25) is 0 Å². The number of aromatic nitrogens is 2. The van der Waals surface area contributed by atoms with Crippen molar-refractivity contribution < 1.29 is 13.5 Å². The van der Waals surface area contributed by atoms with Gasteiger partial charge < -0.3 is 4.74 Å². The molecular weight excluding hydrogens is 226 g/mol. The van der Waals surface area contributed by atoms with Crippen molar-refractivity contribution in [3.63, 3.8) is 0 Å². The first-order chi connectivity index (χ1) is 8.06. The Labute approximate surface area is 97.1 Å². The van der Waals surface area contributed by atoms with E-state index in [1.54, 1.807) is 13.8 Å². The second kappa shape index (κ2) is 4.45. The van der Waals surface area contributed by atoms with E-state index in [4.69, 9.17) is 4.74 Å². The van der Waals surface area contributed by atoms with Gasteiger partial charge in [-0.15, -0.1) is 0 Å². The molecule has 0 N–H and O–H groups in total. The van der Waals surface area contributed by atoms with E-state index in [2.05, 4.69) is 9.97 Å². The zero-order chi connectivity index (χ0) is 12.4. The summed E-state index contributed by atoms with van der Waals surface area (Å²) in [6, 6.07) is 2.40. The lowest BCUT2D eigenvalue weighted by molar-refractivity contribution is 0.404. The predicted molar refractivity (Wildman–Crippen MR) is 57.9 cm³/mol. The highest BCUT2D eigenvalue weighted by molar-refractivity contribution is 5.34. The summed E-state index contributed by atoms with van der Waals surface area (Å²) >= 11 is 0. The molecule has 0 radical (unpaired) electrons. The lowest BCUT2D eigenvalue weighted by Crippen LogP contribution is -1.95. The highest BCUT2D eigenvalue weighted by Crippen LogP contribution is 2.27. The van der Waals surface area contributed by atoms with Crippen LogP contribution in [0.1, 0.15) is 11.4 Å². The molecule has 0 fully saturated rings. The van der Waals surface area contributed by atoms with E-state index in [-0.39, 0.29) is 5.75 Å². The number of aryl methyl sites for hydroxylation is 2. The highest BCUT2D eigenvalue weighted by atomic mass is 19.1. The second-order valence-corrected chi connectivity index (χ2v) is 3.63. The van der Waals surface area contributed by atoms with Crippen LogP contribution < -0.4 is 4.74 Å². The number of rotatable bonds is 2. The van der Waals surface area contributed by atoms with Crippen LogP contribution in [0.5, 0.6) is 11.5 Å². The van der Waals surface area contributed by atoms with Crippen LogP contribution >= 0.6 is 0 Å². The average molecular weight is 236 g/mol. The standard InChI is InChI=1S/C12H10F2N2O/c1-7-3-10(13)12(11(14)4-7)17-9-5-15-8(2)16-6-9/h3-6H,1-2H3. The van der Waals surface area contributed by atoms with Crippen LogP contribution in [0.15, 0.2) is 24.5 Å². The Morgan fingerprint density at radius 3 is 2.06 bits per heavy atom. The number of hydrogen-bond donors (Lipinski definition) is 0. The maximum Gasteiger partial charge on any atom is 0.198 e. The molecule has 0 amide bonds. The fraction of sp³-hybridized carbons (Fsp3) is 0.167. The second-order valence-electron chi connectivity index (χ2n) is 3.63. The third-order valence-electron chi connectivity index (χ3n) is 2.12. The van der Waals surface area contributed by atoms with Gasteiger partial charge in [0, 0.05) is 0 Å². The normalized spacial score (nSPS) is 10.4. The molecular formula is C12H10F2N2O. The molecule has 0 saturated carbocycles. The molecule has 0 unspecified atom stereocenters. The molecule has 1 aromatic heterocycles. The van der Waals surface area contributed by atoms with Crippen LogP contribution in [0, 0.1) is 25.5 Å². The van der Waals surface area contributed by atoms with E-state index in [1.165, 1.54) is 24.5 Å². The molecule has 17 heavy (non-hydrogen) atoms. The van der Waals surface area contributed by atoms with Gasteiger partial charge in [0.1, 0.15) is 5.82 Å². The maximum atomic E-state index is 13.5. The third-order valence-corrected chi connectivity index (χ3v) is 2.12. The van der Waals surface area contributed by atoms with Gasteiger partial charge in [0.25, 0.3) is 0 Å². The molecule has 5 heteroatoms. The Morgan fingerprint density at radius 1 is 1.00 bits per heavy atom. The average Bonchev–Trinajstić information content (AvgIpc) is 2.26. The van der Waals surface area contributed by atoms with Crippen LogP contribution in [0.4, 0.5) is 8.78 Å². The maximum absolute atomic E-state index is 13.5. The van der Waals surface area contributed by atoms with Crippen LogP contribution in [0.25, 0.3) is 0 Å². The van der Waals surface area contributed by atoms with Gasteiger partial charge in [-0.2, -0.15) is 0 Å². The van der Waals surface area contributed by atoms with Gasteiger partial charge in [0.2, 0.25) is 0 Å². The van der Waals surface area contributed by atoms with Crippen molar-refractivity contribution in [2.24, 2.45) is 0 Å². The topological polar surface area (TPSA) is 35.0 Å². The van der Waals surface area contributed by atoms with Crippen molar-refractivity contribution in [1.82, 2.24) is 9.97 Å². The molecule has 0 spiro atoms. The Bertz CT molecular complexity index is 518. The Kier molecular flexibility index (Phi) is 2.99. The number of benzene rings is 1. The number of ether oxygens (including phenoxy) is 1. The summed E-state index contributed by atoms with van der Waals surface area (Å²) in [6.45, 7) is 3.31. The highest BCUT2D eigenvalue weighted by Gasteiger charge is 2.12. The van der Waals surface area contributed by atoms with Crippen LogP contribution in [0.3, 0.4) is 0 Å². The molecule has 3 nitrogen and oxygen atoms in total. The quantitative estimate of drug-likeness (QED) is 0.803.